The van der Waals surface area contributed by atoms with Gasteiger partial charge in [0.05, 0.1) is 17.9 Å². The van der Waals surface area contributed by atoms with Crippen LogP contribution in [-0.4, -0.2) is 16.0 Å². The second kappa shape index (κ2) is 4.90. The molecule has 2 aromatic rings. The number of rotatable bonds is 2. The summed E-state index contributed by atoms with van der Waals surface area (Å²) in [6.07, 6.45) is 0.758. The molecule has 1 aromatic heterocycles. The van der Waals surface area contributed by atoms with Gasteiger partial charge < -0.3 is 5.32 Å². The van der Waals surface area contributed by atoms with Crippen molar-refractivity contribution in [3.8, 4) is 0 Å². The van der Waals surface area contributed by atoms with Crippen LogP contribution in [0.2, 0.25) is 5.02 Å². The number of nitrogens with one attached hydrogen (secondary N) is 1. The second-order valence-electron chi connectivity index (χ2n) is 4.84. The van der Waals surface area contributed by atoms with E-state index in [1.54, 1.807) is 0 Å². The molecule has 1 heterocycles. The zero-order valence-electron chi connectivity index (χ0n) is 10.8. The fraction of sp³-hybridized carbons (Fsp3) is 0.286. The van der Waals surface area contributed by atoms with Gasteiger partial charge in [-0.05, 0) is 11.1 Å². The van der Waals surface area contributed by atoms with Gasteiger partial charge in [0.15, 0.2) is 0 Å². The van der Waals surface area contributed by atoms with Gasteiger partial charge in [-0.1, -0.05) is 35.9 Å². The molecular formula is C14H13ClFN3O. The van der Waals surface area contributed by atoms with Crippen LogP contribution < -0.4 is 10.9 Å². The molecule has 0 fully saturated rings. The first kappa shape index (κ1) is 13.1. The number of aromatic nitrogens is 2. The van der Waals surface area contributed by atoms with Crippen LogP contribution in [0, 0.1) is 0 Å². The van der Waals surface area contributed by atoms with Crippen molar-refractivity contribution in [3.63, 3.8) is 0 Å². The minimum absolute atomic E-state index is 0.0269. The van der Waals surface area contributed by atoms with Gasteiger partial charge in [0.25, 0.3) is 5.56 Å². The third kappa shape index (κ3) is 2.08. The summed E-state index contributed by atoms with van der Waals surface area (Å²) in [4.78, 5) is 11.7. The molecule has 1 N–H and O–H groups in total. The first-order valence-electron chi connectivity index (χ1n) is 6.28. The highest BCUT2D eigenvalue weighted by atomic mass is 35.5. The smallest absolute Gasteiger partial charge is 0.287 e. The Morgan fingerprint density at radius 2 is 2.20 bits per heavy atom. The lowest BCUT2D eigenvalue weighted by Crippen LogP contribution is -2.24. The molecule has 3 rings (SSSR count). The molecule has 20 heavy (non-hydrogen) atoms. The molecule has 0 unspecified atom stereocenters. The number of halogens is 2. The molecule has 1 aliphatic rings. The minimum atomic E-state index is -1.05. The first-order chi connectivity index (χ1) is 9.58. The summed E-state index contributed by atoms with van der Waals surface area (Å²) in [7, 11) is 1.51. The summed E-state index contributed by atoms with van der Waals surface area (Å²) >= 11 is 5.99. The maximum Gasteiger partial charge on any atom is 0.287 e. The van der Waals surface area contributed by atoms with Crippen LogP contribution in [0.1, 0.15) is 17.2 Å². The van der Waals surface area contributed by atoms with Crippen molar-refractivity contribution >= 4 is 17.3 Å². The van der Waals surface area contributed by atoms with Crippen LogP contribution >= 0.6 is 11.6 Å². The Hall–Kier alpha value is -1.88. The highest BCUT2D eigenvalue weighted by molar-refractivity contribution is 6.32. The normalized spacial score (nSPS) is 20.8. The molecule has 4 nitrogen and oxygen atoms in total. The molecule has 0 spiro atoms. The fourth-order valence-corrected chi connectivity index (χ4v) is 2.72. The van der Waals surface area contributed by atoms with Crippen molar-refractivity contribution in [2.75, 3.05) is 5.32 Å². The van der Waals surface area contributed by atoms with Crippen molar-refractivity contribution in [1.29, 1.82) is 0 Å². The largest absolute Gasteiger partial charge is 0.373 e. The number of aryl methyl sites for hydroxylation is 1. The maximum absolute atomic E-state index is 14.2. The summed E-state index contributed by atoms with van der Waals surface area (Å²) in [6.45, 7) is 0. The number of benzene rings is 1. The molecule has 0 aliphatic heterocycles. The molecule has 1 aliphatic carbocycles. The van der Waals surface area contributed by atoms with Crippen molar-refractivity contribution in [1.82, 2.24) is 9.78 Å². The number of anilines is 1. The van der Waals surface area contributed by atoms with E-state index in [9.17, 15) is 9.18 Å². The van der Waals surface area contributed by atoms with Crippen LogP contribution in [0.25, 0.3) is 0 Å². The van der Waals surface area contributed by atoms with Crippen LogP contribution in [0.5, 0.6) is 0 Å². The monoisotopic (exact) mass is 293 g/mol. The van der Waals surface area contributed by atoms with Crippen molar-refractivity contribution in [2.45, 2.75) is 18.6 Å². The number of hydrogen-bond donors (Lipinski definition) is 1. The standard InChI is InChI=1S/C14H13ClFN3O/c1-19-14(20)12(15)11(7-17-19)18-13-9-5-3-2-4-8(9)6-10(13)16/h2-5,7,10,13,18H,6H2,1H3/t10-,13+/m1/s1. The number of nitrogens with zero attached hydrogens (tertiary/aromatic N) is 2. The van der Waals surface area contributed by atoms with Crippen molar-refractivity contribution in [3.05, 3.63) is 57.0 Å². The average molecular weight is 294 g/mol. The van der Waals surface area contributed by atoms with E-state index in [0.717, 1.165) is 15.8 Å². The molecule has 0 amide bonds. The Labute approximate surface area is 120 Å². The van der Waals surface area contributed by atoms with E-state index in [2.05, 4.69) is 10.4 Å². The number of alkyl halides is 1. The van der Waals surface area contributed by atoms with Gasteiger partial charge in [-0.2, -0.15) is 5.10 Å². The Morgan fingerprint density at radius 3 is 3.00 bits per heavy atom. The third-order valence-corrected chi connectivity index (χ3v) is 3.92. The van der Waals surface area contributed by atoms with E-state index in [4.69, 9.17) is 11.6 Å². The molecule has 0 saturated heterocycles. The Kier molecular flexibility index (Phi) is 3.22. The summed E-state index contributed by atoms with van der Waals surface area (Å²) in [6, 6.07) is 7.05. The summed E-state index contributed by atoms with van der Waals surface area (Å²) in [5, 5.41) is 6.92. The van der Waals surface area contributed by atoms with Gasteiger partial charge in [-0.3, -0.25) is 4.79 Å². The lowest BCUT2D eigenvalue weighted by molar-refractivity contribution is 0.315. The van der Waals surface area contributed by atoms with Gasteiger partial charge in [0.1, 0.15) is 11.2 Å². The van der Waals surface area contributed by atoms with Gasteiger partial charge in [0.2, 0.25) is 0 Å². The van der Waals surface area contributed by atoms with Crippen LogP contribution in [0.3, 0.4) is 0 Å². The van der Waals surface area contributed by atoms with Crippen LogP contribution in [0.4, 0.5) is 10.1 Å². The number of hydrogen-bond acceptors (Lipinski definition) is 3. The zero-order valence-corrected chi connectivity index (χ0v) is 11.6. The van der Waals surface area contributed by atoms with Crippen LogP contribution in [0.15, 0.2) is 35.3 Å². The topological polar surface area (TPSA) is 46.9 Å². The van der Waals surface area contributed by atoms with E-state index in [1.165, 1.54) is 13.2 Å². The molecule has 1 aromatic carbocycles. The van der Waals surface area contributed by atoms with Gasteiger partial charge in [-0.25, -0.2) is 9.07 Å². The first-order valence-corrected chi connectivity index (χ1v) is 6.66. The SMILES string of the molecule is Cn1ncc(N[C@H]2c3ccccc3C[C@H]2F)c(Cl)c1=O. The van der Waals surface area contributed by atoms with Gasteiger partial charge >= 0.3 is 0 Å². The van der Waals surface area contributed by atoms with Crippen molar-refractivity contribution < 1.29 is 4.39 Å². The van der Waals surface area contributed by atoms with Crippen LogP contribution in [-0.2, 0) is 13.5 Å². The second-order valence-corrected chi connectivity index (χ2v) is 5.22. The fourth-order valence-electron chi connectivity index (χ4n) is 2.49. The molecule has 6 heteroatoms. The predicted octanol–water partition coefficient (Wildman–Crippen LogP) is 2.48. The maximum atomic E-state index is 14.2. The molecular weight excluding hydrogens is 281 g/mol. The van der Waals surface area contributed by atoms with E-state index in [1.807, 2.05) is 24.3 Å². The van der Waals surface area contributed by atoms with Gasteiger partial charge in [-0.15, -0.1) is 0 Å². The Morgan fingerprint density at radius 1 is 1.45 bits per heavy atom. The highest BCUT2D eigenvalue weighted by Gasteiger charge is 2.32. The molecule has 104 valence electrons. The van der Waals surface area contributed by atoms with E-state index in [0.29, 0.717) is 12.1 Å². The van der Waals surface area contributed by atoms with Gasteiger partial charge in [0, 0.05) is 13.5 Å². The lowest BCUT2D eigenvalue weighted by atomic mass is 10.1. The summed E-state index contributed by atoms with van der Waals surface area (Å²) in [5.41, 5.74) is 1.83. The Bertz CT molecular complexity index is 716. The lowest BCUT2D eigenvalue weighted by Gasteiger charge is -2.18. The third-order valence-electron chi connectivity index (χ3n) is 3.56. The summed E-state index contributed by atoms with van der Waals surface area (Å²) < 4.78 is 15.3. The predicted molar refractivity (Wildman–Crippen MR) is 75.9 cm³/mol. The van der Waals surface area contributed by atoms with E-state index >= 15 is 0 Å². The average Bonchev–Trinajstić information content (AvgIpc) is 2.76. The molecule has 0 radical (unpaired) electrons. The zero-order chi connectivity index (χ0) is 14.3. The molecule has 2 atom stereocenters. The minimum Gasteiger partial charge on any atom is -0.373 e. The Balaban J connectivity index is 1.96. The molecule has 0 bridgehead atoms. The summed E-state index contributed by atoms with van der Waals surface area (Å²) in [5.74, 6) is 0. The van der Waals surface area contributed by atoms with E-state index < -0.39 is 17.8 Å². The number of fused-ring (bicyclic) bond motifs is 1. The highest BCUT2D eigenvalue weighted by Crippen LogP contribution is 2.36. The van der Waals surface area contributed by atoms with Crippen molar-refractivity contribution in [2.24, 2.45) is 7.05 Å². The quantitative estimate of drug-likeness (QED) is 0.925. The van der Waals surface area contributed by atoms with E-state index in [-0.39, 0.29) is 5.02 Å². The molecule has 0 saturated carbocycles.